The fourth-order valence-corrected chi connectivity index (χ4v) is 2.78. The lowest BCUT2D eigenvalue weighted by molar-refractivity contribution is 0.100. The fraction of sp³-hybridized carbons (Fsp3) is 0. The molecule has 0 fully saturated rings. The van der Waals surface area contributed by atoms with Crippen molar-refractivity contribution in [3.63, 3.8) is 0 Å². The predicted octanol–water partition coefficient (Wildman–Crippen LogP) is 2.87. The van der Waals surface area contributed by atoms with E-state index in [1.54, 1.807) is 4.68 Å². The Hall–Kier alpha value is -3.34. The van der Waals surface area contributed by atoms with E-state index in [0.29, 0.717) is 0 Å². The van der Waals surface area contributed by atoms with Gasteiger partial charge in [-0.3, -0.25) is 19.7 Å². The summed E-state index contributed by atoms with van der Waals surface area (Å²) in [6.45, 7) is 0. The van der Waals surface area contributed by atoms with Crippen molar-refractivity contribution >= 4 is 27.7 Å². The van der Waals surface area contributed by atoms with Crippen LogP contribution in [0.4, 0.5) is 0 Å². The van der Waals surface area contributed by atoms with Gasteiger partial charge in [0.1, 0.15) is 5.69 Å². The first-order valence-corrected chi connectivity index (χ1v) is 7.22. The number of hydrogen-bond acceptors (Lipinski definition) is 2. The van der Waals surface area contributed by atoms with E-state index in [-0.39, 0.29) is 17.0 Å². The molecule has 2 aromatic carbocycles. The zero-order valence-electron chi connectivity index (χ0n) is 12.1. The largest absolute Gasteiger partial charge is 0.357 e. The first kappa shape index (κ1) is 13.3. The monoisotopic (exact) mass is 303 g/mol. The summed E-state index contributed by atoms with van der Waals surface area (Å²) in [6.07, 6.45) is 1.46. The van der Waals surface area contributed by atoms with Gasteiger partial charge in [-0.2, -0.15) is 0 Å². The van der Waals surface area contributed by atoms with E-state index < -0.39 is 0 Å². The van der Waals surface area contributed by atoms with E-state index in [4.69, 9.17) is 0 Å². The molecule has 2 N–H and O–H groups in total. The predicted molar refractivity (Wildman–Crippen MR) is 90.2 cm³/mol. The molecule has 0 radical (unpaired) electrons. The molecular weight excluding hydrogens is 290 g/mol. The topological polar surface area (TPSA) is 66.9 Å². The molecule has 5 heteroatoms. The number of fused-ring (bicyclic) bond motifs is 3. The van der Waals surface area contributed by atoms with Gasteiger partial charge in [0.05, 0.1) is 11.0 Å². The molecule has 0 bridgehead atoms. The summed E-state index contributed by atoms with van der Waals surface area (Å²) in [5, 5.41) is 2.12. The van der Waals surface area contributed by atoms with Gasteiger partial charge in [0.15, 0.2) is 5.43 Å². The molecule has 23 heavy (non-hydrogen) atoms. The van der Waals surface area contributed by atoms with Crippen molar-refractivity contribution in [1.82, 2.24) is 9.66 Å². The molecule has 0 saturated carbocycles. The molecular formula is C18H13N3O2. The van der Waals surface area contributed by atoms with E-state index in [1.165, 1.54) is 18.3 Å². The number of carbonyl (C=O) groups excluding carboxylic acids is 1. The van der Waals surface area contributed by atoms with E-state index in [9.17, 15) is 9.59 Å². The summed E-state index contributed by atoms with van der Waals surface area (Å²) in [7, 11) is 0. The van der Waals surface area contributed by atoms with Crippen LogP contribution in [0.25, 0.3) is 21.8 Å². The maximum atomic E-state index is 12.4. The molecule has 0 aliphatic heterocycles. The van der Waals surface area contributed by atoms with Crippen LogP contribution in [0.15, 0.2) is 71.7 Å². The van der Waals surface area contributed by atoms with E-state index in [0.717, 1.165) is 21.8 Å². The van der Waals surface area contributed by atoms with Crippen LogP contribution in [-0.4, -0.2) is 15.6 Å². The minimum absolute atomic E-state index is 0.212. The van der Waals surface area contributed by atoms with Crippen molar-refractivity contribution in [1.29, 1.82) is 0 Å². The van der Waals surface area contributed by atoms with Crippen molar-refractivity contribution in [3.05, 3.63) is 82.8 Å². The second-order valence-electron chi connectivity index (χ2n) is 5.25. The highest BCUT2D eigenvalue weighted by Crippen LogP contribution is 2.27. The van der Waals surface area contributed by atoms with E-state index >= 15 is 0 Å². The Morgan fingerprint density at radius 1 is 0.913 bits per heavy atom. The van der Waals surface area contributed by atoms with Gasteiger partial charge < -0.3 is 4.98 Å². The highest BCUT2D eigenvalue weighted by atomic mass is 16.2. The van der Waals surface area contributed by atoms with E-state index in [1.807, 2.05) is 48.5 Å². The molecule has 0 aliphatic rings. The Bertz CT molecular complexity index is 1040. The Morgan fingerprint density at radius 3 is 2.13 bits per heavy atom. The van der Waals surface area contributed by atoms with Gasteiger partial charge in [-0.25, -0.2) is 0 Å². The number of aromatic nitrogens is 2. The third-order valence-corrected chi connectivity index (χ3v) is 3.81. The zero-order chi connectivity index (χ0) is 15.8. The molecule has 0 aliphatic carbocycles. The van der Waals surface area contributed by atoms with Gasteiger partial charge in [-0.15, -0.1) is 0 Å². The van der Waals surface area contributed by atoms with Crippen LogP contribution in [-0.2, 0) is 0 Å². The molecule has 2 heterocycles. The molecule has 112 valence electrons. The number of para-hydroxylation sites is 2. The lowest BCUT2D eigenvalue weighted by Crippen LogP contribution is -2.24. The number of rotatable bonds is 2. The Balaban J connectivity index is 1.87. The van der Waals surface area contributed by atoms with Crippen LogP contribution >= 0.6 is 0 Å². The minimum Gasteiger partial charge on any atom is -0.357 e. The van der Waals surface area contributed by atoms with Crippen LogP contribution in [0.2, 0.25) is 0 Å². The Kier molecular flexibility index (Phi) is 2.98. The molecule has 2 aromatic heterocycles. The van der Waals surface area contributed by atoms with Crippen molar-refractivity contribution in [2.45, 2.75) is 0 Å². The lowest BCUT2D eigenvalue weighted by atomic mass is 10.2. The quantitative estimate of drug-likeness (QED) is 0.598. The first-order chi connectivity index (χ1) is 11.2. The summed E-state index contributed by atoms with van der Waals surface area (Å²) < 4.78 is 1.75. The maximum absolute atomic E-state index is 12.4. The van der Waals surface area contributed by atoms with Crippen LogP contribution in [0.5, 0.6) is 0 Å². The zero-order valence-corrected chi connectivity index (χ0v) is 12.1. The second kappa shape index (κ2) is 5.14. The van der Waals surface area contributed by atoms with Crippen LogP contribution in [0.3, 0.4) is 0 Å². The van der Waals surface area contributed by atoms with Gasteiger partial charge >= 0.3 is 0 Å². The number of benzene rings is 2. The minimum atomic E-state index is -0.366. The number of nitrogens with zero attached hydrogens (tertiary/aromatic N) is 1. The average Bonchev–Trinajstić information content (AvgIpc) is 2.90. The lowest BCUT2D eigenvalue weighted by Gasteiger charge is -2.09. The molecule has 0 atom stereocenters. The van der Waals surface area contributed by atoms with Gasteiger partial charge in [-0.05, 0) is 12.1 Å². The molecule has 4 rings (SSSR count). The molecule has 0 unspecified atom stereocenters. The summed E-state index contributed by atoms with van der Waals surface area (Å²) >= 11 is 0. The van der Waals surface area contributed by atoms with Gasteiger partial charge in [0, 0.05) is 29.1 Å². The smallest absolute Gasteiger partial charge is 0.286 e. The van der Waals surface area contributed by atoms with Crippen molar-refractivity contribution < 1.29 is 4.79 Å². The summed E-state index contributed by atoms with van der Waals surface area (Å²) in [6, 6.07) is 18.4. The number of amides is 1. The van der Waals surface area contributed by atoms with Crippen LogP contribution in [0, 0.1) is 0 Å². The number of nitrogens with one attached hydrogen (secondary N) is 2. The van der Waals surface area contributed by atoms with E-state index in [2.05, 4.69) is 10.4 Å². The van der Waals surface area contributed by atoms with Crippen molar-refractivity contribution in [2.75, 3.05) is 5.43 Å². The van der Waals surface area contributed by atoms with Crippen LogP contribution < -0.4 is 10.9 Å². The molecule has 5 nitrogen and oxygen atoms in total. The third kappa shape index (κ3) is 2.19. The van der Waals surface area contributed by atoms with Crippen LogP contribution in [0.1, 0.15) is 10.5 Å². The first-order valence-electron chi connectivity index (χ1n) is 7.22. The summed E-state index contributed by atoms with van der Waals surface area (Å²) in [5.41, 5.74) is 4.67. The number of aromatic amines is 1. The molecule has 1 amide bonds. The third-order valence-electron chi connectivity index (χ3n) is 3.81. The summed E-state index contributed by atoms with van der Waals surface area (Å²) in [5.74, 6) is -0.366. The van der Waals surface area contributed by atoms with Crippen molar-refractivity contribution in [2.24, 2.45) is 0 Å². The van der Waals surface area contributed by atoms with Gasteiger partial charge in [-0.1, -0.05) is 36.4 Å². The number of hydrogen-bond donors (Lipinski definition) is 2. The fourth-order valence-electron chi connectivity index (χ4n) is 2.78. The number of carbonyl (C=O) groups is 1. The highest BCUT2D eigenvalue weighted by Gasteiger charge is 2.13. The average molecular weight is 303 g/mol. The number of H-pyrrole nitrogens is 1. The Morgan fingerprint density at radius 2 is 1.52 bits per heavy atom. The molecule has 0 saturated heterocycles. The molecule has 4 aromatic rings. The normalized spacial score (nSPS) is 11.0. The number of pyridine rings is 1. The summed E-state index contributed by atoms with van der Waals surface area (Å²) in [4.78, 5) is 26.7. The SMILES string of the molecule is O=C(Nn1c2ccccc2c2ccccc21)c1cc(=O)cc[nH]1. The highest BCUT2D eigenvalue weighted by molar-refractivity contribution is 6.10. The standard InChI is InChI=1S/C18H13N3O2/c22-12-9-10-19-15(11-12)18(23)20-21-16-7-3-1-5-13(16)14-6-2-4-8-17(14)21/h1-11H,(H,19,22)(H,20,23). The maximum Gasteiger partial charge on any atom is 0.286 e. The second-order valence-corrected chi connectivity index (χ2v) is 5.25. The van der Waals surface area contributed by atoms with Gasteiger partial charge in [0.2, 0.25) is 0 Å². The van der Waals surface area contributed by atoms with Crippen molar-refractivity contribution in [3.8, 4) is 0 Å². The van der Waals surface area contributed by atoms with Gasteiger partial charge in [0.25, 0.3) is 5.91 Å². The molecule has 0 spiro atoms. The Labute approximate surface area is 131 Å².